The van der Waals surface area contributed by atoms with E-state index >= 15 is 0 Å². The van der Waals surface area contributed by atoms with E-state index in [1.54, 1.807) is 0 Å². The zero-order valence-corrected chi connectivity index (χ0v) is 10.4. The standard InChI is InChI=1S/C8H17NO4S2/c1-14(10,11)6-8(9)7-2-4-15(12,13)5-3-7/h7-8H,2-6,9H2,1H3. The number of rotatable bonds is 3. The van der Waals surface area contributed by atoms with Gasteiger partial charge in [0.15, 0.2) is 0 Å². The van der Waals surface area contributed by atoms with Gasteiger partial charge in [-0.3, -0.25) is 0 Å². The summed E-state index contributed by atoms with van der Waals surface area (Å²) in [6, 6.07) is -0.435. The van der Waals surface area contributed by atoms with Crippen LogP contribution in [-0.4, -0.2) is 46.4 Å². The number of sulfone groups is 2. The van der Waals surface area contributed by atoms with E-state index in [1.807, 2.05) is 0 Å². The third-order valence-corrected chi connectivity index (χ3v) is 5.41. The first kappa shape index (κ1) is 12.9. The third-order valence-electron chi connectivity index (χ3n) is 2.70. The maximum absolute atomic E-state index is 11.1. The average molecular weight is 255 g/mol. The summed E-state index contributed by atoms with van der Waals surface area (Å²) < 4.78 is 44.3. The molecule has 0 aliphatic carbocycles. The van der Waals surface area contributed by atoms with Crippen LogP contribution in [0, 0.1) is 5.92 Å². The highest BCUT2D eigenvalue weighted by Crippen LogP contribution is 2.21. The molecule has 90 valence electrons. The normalized spacial score (nSPS) is 24.9. The van der Waals surface area contributed by atoms with Crippen molar-refractivity contribution in [3.05, 3.63) is 0 Å². The number of hydrogen-bond donors (Lipinski definition) is 1. The van der Waals surface area contributed by atoms with Crippen molar-refractivity contribution in [2.45, 2.75) is 18.9 Å². The Kier molecular flexibility index (Phi) is 3.78. The van der Waals surface area contributed by atoms with Crippen molar-refractivity contribution in [2.24, 2.45) is 11.7 Å². The molecule has 0 bridgehead atoms. The van der Waals surface area contributed by atoms with Gasteiger partial charge in [0.25, 0.3) is 0 Å². The van der Waals surface area contributed by atoms with Crippen LogP contribution in [0.2, 0.25) is 0 Å². The van der Waals surface area contributed by atoms with Crippen molar-refractivity contribution >= 4 is 19.7 Å². The zero-order chi connectivity index (χ0) is 11.7. The van der Waals surface area contributed by atoms with Gasteiger partial charge in [0.1, 0.15) is 19.7 Å². The molecule has 1 unspecified atom stereocenters. The SMILES string of the molecule is CS(=O)(=O)CC(N)C1CCS(=O)(=O)CC1. The fourth-order valence-electron chi connectivity index (χ4n) is 1.82. The molecule has 0 aromatic carbocycles. The molecule has 0 radical (unpaired) electrons. The second-order valence-corrected chi connectivity index (χ2v) is 8.73. The highest BCUT2D eigenvalue weighted by Gasteiger charge is 2.29. The van der Waals surface area contributed by atoms with Gasteiger partial charge in [-0.05, 0) is 18.8 Å². The van der Waals surface area contributed by atoms with Crippen LogP contribution in [-0.2, 0) is 19.7 Å². The molecule has 0 spiro atoms. The molecule has 1 aliphatic rings. The Labute approximate surface area is 90.9 Å². The quantitative estimate of drug-likeness (QED) is 0.711. The summed E-state index contributed by atoms with van der Waals surface area (Å²) in [5.41, 5.74) is 5.75. The fourth-order valence-corrected chi connectivity index (χ4v) is 4.32. The predicted octanol–water partition coefficient (Wildman–Crippen LogP) is -0.817. The average Bonchev–Trinajstić information content (AvgIpc) is 2.00. The smallest absolute Gasteiger partial charge is 0.150 e. The second kappa shape index (κ2) is 4.39. The molecule has 1 saturated heterocycles. The first-order valence-electron chi connectivity index (χ1n) is 4.83. The Morgan fingerprint density at radius 2 is 1.80 bits per heavy atom. The van der Waals surface area contributed by atoms with Crippen LogP contribution in [0.5, 0.6) is 0 Å². The first-order chi connectivity index (χ1) is 6.70. The third kappa shape index (κ3) is 4.48. The minimum atomic E-state index is -3.08. The van der Waals surface area contributed by atoms with E-state index in [1.165, 1.54) is 0 Å². The van der Waals surface area contributed by atoms with E-state index in [0.29, 0.717) is 12.8 Å². The van der Waals surface area contributed by atoms with Gasteiger partial charge in [0.05, 0.1) is 17.3 Å². The van der Waals surface area contributed by atoms with Crippen molar-refractivity contribution in [1.82, 2.24) is 0 Å². The molecule has 1 rings (SSSR count). The minimum Gasteiger partial charge on any atom is -0.327 e. The van der Waals surface area contributed by atoms with Crippen molar-refractivity contribution < 1.29 is 16.8 Å². The molecule has 7 heteroatoms. The monoisotopic (exact) mass is 255 g/mol. The van der Waals surface area contributed by atoms with Gasteiger partial charge in [-0.1, -0.05) is 0 Å². The van der Waals surface area contributed by atoms with Crippen molar-refractivity contribution in [3.8, 4) is 0 Å². The van der Waals surface area contributed by atoms with Crippen LogP contribution in [0.3, 0.4) is 0 Å². The Morgan fingerprint density at radius 1 is 1.33 bits per heavy atom. The second-order valence-electron chi connectivity index (χ2n) is 4.25. The number of hydrogen-bond acceptors (Lipinski definition) is 5. The Bertz CT molecular complexity index is 398. The Morgan fingerprint density at radius 3 is 2.20 bits per heavy atom. The molecule has 1 aliphatic heterocycles. The summed E-state index contributed by atoms with van der Waals surface area (Å²) in [5, 5.41) is 0. The van der Waals surface area contributed by atoms with Crippen molar-refractivity contribution in [3.63, 3.8) is 0 Å². The molecule has 0 aromatic rings. The van der Waals surface area contributed by atoms with Gasteiger partial charge in [0.2, 0.25) is 0 Å². The van der Waals surface area contributed by atoms with E-state index < -0.39 is 25.7 Å². The molecule has 0 saturated carbocycles. The van der Waals surface area contributed by atoms with Gasteiger partial charge >= 0.3 is 0 Å². The molecule has 1 atom stereocenters. The molecular formula is C8H17NO4S2. The lowest BCUT2D eigenvalue weighted by Gasteiger charge is -2.26. The van der Waals surface area contributed by atoms with Gasteiger partial charge < -0.3 is 5.73 Å². The minimum absolute atomic E-state index is 0.0169. The summed E-state index contributed by atoms with van der Waals surface area (Å²) in [6.07, 6.45) is 2.12. The lowest BCUT2D eigenvalue weighted by atomic mass is 9.96. The van der Waals surface area contributed by atoms with Crippen LogP contribution in [0.1, 0.15) is 12.8 Å². The van der Waals surface area contributed by atoms with Gasteiger partial charge in [0, 0.05) is 12.3 Å². The Balaban J connectivity index is 2.54. The number of nitrogens with two attached hydrogens (primary N) is 1. The molecule has 0 amide bonds. The lowest BCUT2D eigenvalue weighted by Crippen LogP contribution is -2.40. The van der Waals surface area contributed by atoms with Crippen LogP contribution >= 0.6 is 0 Å². The largest absolute Gasteiger partial charge is 0.327 e. The molecule has 15 heavy (non-hydrogen) atoms. The molecule has 1 heterocycles. The summed E-state index contributed by atoms with van der Waals surface area (Å²) >= 11 is 0. The topological polar surface area (TPSA) is 94.3 Å². The maximum atomic E-state index is 11.1. The van der Waals surface area contributed by atoms with Crippen LogP contribution in [0.25, 0.3) is 0 Å². The molecule has 1 fully saturated rings. The van der Waals surface area contributed by atoms with E-state index in [2.05, 4.69) is 0 Å². The summed E-state index contributed by atoms with van der Waals surface area (Å²) in [4.78, 5) is 0. The lowest BCUT2D eigenvalue weighted by molar-refractivity contribution is 0.402. The molecule has 0 aromatic heterocycles. The maximum Gasteiger partial charge on any atom is 0.150 e. The van der Waals surface area contributed by atoms with E-state index in [-0.39, 0.29) is 23.2 Å². The van der Waals surface area contributed by atoms with Crippen molar-refractivity contribution in [2.75, 3.05) is 23.5 Å². The highest BCUT2D eigenvalue weighted by atomic mass is 32.2. The van der Waals surface area contributed by atoms with E-state index in [4.69, 9.17) is 5.73 Å². The van der Waals surface area contributed by atoms with E-state index in [9.17, 15) is 16.8 Å². The predicted molar refractivity (Wildman–Crippen MR) is 59.1 cm³/mol. The van der Waals surface area contributed by atoms with Crippen molar-refractivity contribution in [1.29, 1.82) is 0 Å². The Hall–Kier alpha value is -0.140. The van der Waals surface area contributed by atoms with Crippen LogP contribution in [0.15, 0.2) is 0 Å². The van der Waals surface area contributed by atoms with Crippen LogP contribution in [0.4, 0.5) is 0 Å². The zero-order valence-electron chi connectivity index (χ0n) is 8.72. The summed E-state index contributed by atoms with van der Waals surface area (Å²) in [7, 11) is -5.97. The fraction of sp³-hybridized carbons (Fsp3) is 1.00. The summed E-state index contributed by atoms with van der Waals surface area (Å²) in [5.74, 6) is 0.227. The molecular weight excluding hydrogens is 238 g/mol. The van der Waals surface area contributed by atoms with Crippen LogP contribution < -0.4 is 5.73 Å². The van der Waals surface area contributed by atoms with Gasteiger partial charge in [-0.2, -0.15) is 0 Å². The van der Waals surface area contributed by atoms with E-state index in [0.717, 1.165) is 6.26 Å². The highest BCUT2D eigenvalue weighted by molar-refractivity contribution is 7.91. The molecule has 2 N–H and O–H groups in total. The van der Waals surface area contributed by atoms with Gasteiger partial charge in [-0.15, -0.1) is 0 Å². The van der Waals surface area contributed by atoms with Gasteiger partial charge in [-0.25, -0.2) is 16.8 Å². The molecule has 5 nitrogen and oxygen atoms in total. The first-order valence-corrected chi connectivity index (χ1v) is 8.71. The summed E-state index contributed by atoms with van der Waals surface area (Å²) in [6.45, 7) is 0.